The molecule has 0 spiro atoms. The van der Waals surface area contributed by atoms with Gasteiger partial charge in [0.05, 0.1) is 40.1 Å². The van der Waals surface area contributed by atoms with Gasteiger partial charge >= 0.3 is 0 Å². The molecule has 2 heteroatoms. The zero-order chi connectivity index (χ0) is 13.7. The number of unbranched alkanes of at least 4 members (excludes halogenated alkanes) is 11. The van der Waals surface area contributed by atoms with Crippen LogP contribution in [0.25, 0.3) is 0 Å². The molecule has 0 unspecified atom stereocenters. The van der Waals surface area contributed by atoms with Crippen LogP contribution in [0.15, 0.2) is 0 Å². The van der Waals surface area contributed by atoms with Crippen LogP contribution in [0.5, 0.6) is 0 Å². The Morgan fingerprint density at radius 2 is 0.842 bits per heavy atom. The largest absolute Gasteiger partial charge is 0.331 e. The van der Waals surface area contributed by atoms with E-state index in [2.05, 4.69) is 28.1 Å². The van der Waals surface area contributed by atoms with E-state index >= 15 is 0 Å². The van der Waals surface area contributed by atoms with E-state index in [1.807, 2.05) is 0 Å². The lowest BCUT2D eigenvalue weighted by Crippen LogP contribution is -2.35. The fourth-order valence-corrected chi connectivity index (χ4v) is 2.43. The third-order valence-corrected chi connectivity index (χ3v) is 3.68. The molecule has 0 N–H and O–H groups in total. The number of halogens is 1. The zero-order valence-corrected chi connectivity index (χ0v) is 15.0. The van der Waals surface area contributed by atoms with Crippen LogP contribution >= 0.6 is 0 Å². The first-order valence-corrected chi connectivity index (χ1v) is 8.36. The standard InChI is InChI=1S/C17H38N.ClH2/c1-5-6-7-8-9-10-11-12-13-14-15-16-17-18(2,3)4;/h5-17H2,1-4H3;1H2/q2*+1. The summed E-state index contributed by atoms with van der Waals surface area (Å²) in [6.45, 7) is 3.62. The Kier molecular flexibility index (Phi) is 16.6. The van der Waals surface area contributed by atoms with Crippen LogP contribution in [0.3, 0.4) is 0 Å². The van der Waals surface area contributed by atoms with E-state index in [0.717, 1.165) is 4.48 Å². The number of hydrogen-bond donors (Lipinski definition) is 0. The predicted octanol–water partition coefficient (Wildman–Crippen LogP) is 4.86. The van der Waals surface area contributed by atoms with Crippen molar-refractivity contribution >= 4 is 0 Å². The van der Waals surface area contributed by atoms with Gasteiger partial charge in [-0.2, -0.15) is 0 Å². The Balaban J connectivity index is 0. The molecule has 0 aromatic heterocycles. The molecule has 0 amide bonds. The van der Waals surface area contributed by atoms with E-state index in [1.165, 1.54) is 83.6 Å². The molecule has 1 nitrogen and oxygen atoms in total. The molecule has 0 saturated heterocycles. The summed E-state index contributed by atoms with van der Waals surface area (Å²) in [7, 11) is 6.87. The first-order valence-electron chi connectivity index (χ1n) is 8.36. The van der Waals surface area contributed by atoms with Crippen molar-refractivity contribution in [2.75, 3.05) is 27.7 Å². The highest BCUT2D eigenvalue weighted by atomic mass is 35.5. The molecule has 118 valence electrons. The second kappa shape index (κ2) is 14.7. The van der Waals surface area contributed by atoms with E-state index in [4.69, 9.17) is 0 Å². The van der Waals surface area contributed by atoms with Crippen molar-refractivity contribution in [3.63, 3.8) is 0 Å². The maximum atomic E-state index is 2.29. The molecule has 0 aliphatic heterocycles. The first kappa shape index (κ1) is 21.5. The van der Waals surface area contributed by atoms with E-state index in [-0.39, 0.29) is 12.4 Å². The van der Waals surface area contributed by atoms with Crippen molar-refractivity contribution in [2.45, 2.75) is 84.0 Å². The summed E-state index contributed by atoms with van der Waals surface area (Å²) < 4.78 is 1.12. The molecule has 0 rings (SSSR count). The van der Waals surface area contributed by atoms with Crippen LogP contribution in [0, 0.1) is 12.4 Å². The lowest BCUT2D eigenvalue weighted by molar-refractivity contribution is -0.870. The fraction of sp³-hybridized carbons (Fsp3) is 1.00. The van der Waals surface area contributed by atoms with E-state index in [9.17, 15) is 0 Å². The molecular weight excluding hydrogens is 254 g/mol. The van der Waals surface area contributed by atoms with Crippen LogP contribution in [-0.4, -0.2) is 32.2 Å². The lowest BCUT2D eigenvalue weighted by Gasteiger charge is -2.23. The Bertz CT molecular complexity index is 163. The third kappa shape index (κ3) is 20.7. The summed E-state index contributed by atoms with van der Waals surface area (Å²) >= 11 is 0. The molecule has 0 bridgehead atoms. The molecule has 0 heterocycles. The number of rotatable bonds is 13. The fourth-order valence-electron chi connectivity index (χ4n) is 2.43. The Hall–Kier alpha value is 0.250. The maximum Gasteiger partial charge on any atom is 0.0903 e. The van der Waals surface area contributed by atoms with Gasteiger partial charge < -0.3 is 4.48 Å². The predicted molar refractivity (Wildman–Crippen MR) is 86.8 cm³/mol. The van der Waals surface area contributed by atoms with Gasteiger partial charge in [-0.05, 0) is 12.8 Å². The highest BCUT2D eigenvalue weighted by Crippen LogP contribution is 2.12. The summed E-state index contributed by atoms with van der Waals surface area (Å²) in [6, 6.07) is 0. The van der Waals surface area contributed by atoms with Gasteiger partial charge in [-0.15, -0.1) is 0 Å². The SMILES string of the molecule is CCCCCCCCCCCCCC[N+](C)(C)C.[ClH2+]. The second-order valence-corrected chi connectivity index (χ2v) is 6.90. The summed E-state index contributed by atoms with van der Waals surface area (Å²) in [6.07, 6.45) is 17.4. The molecular formula is C17H40ClN+2. The smallest absolute Gasteiger partial charge is 0.0903 e. The van der Waals surface area contributed by atoms with Gasteiger partial charge in [0.1, 0.15) is 0 Å². The quantitative estimate of drug-likeness (QED) is 0.336. The number of quaternary nitrogens is 1. The minimum absolute atomic E-state index is 0. The van der Waals surface area contributed by atoms with Gasteiger partial charge in [0.2, 0.25) is 0 Å². The van der Waals surface area contributed by atoms with Crippen molar-refractivity contribution in [1.29, 1.82) is 0 Å². The highest BCUT2D eigenvalue weighted by molar-refractivity contribution is 4.48. The zero-order valence-electron chi connectivity index (χ0n) is 14.1. The maximum absolute atomic E-state index is 2.29. The topological polar surface area (TPSA) is 0 Å². The number of nitrogens with zero attached hydrogens (tertiary/aromatic N) is 1. The van der Waals surface area contributed by atoms with Crippen molar-refractivity contribution in [2.24, 2.45) is 0 Å². The lowest BCUT2D eigenvalue weighted by atomic mass is 10.1. The second-order valence-electron chi connectivity index (χ2n) is 6.90. The molecule has 0 aliphatic carbocycles. The van der Waals surface area contributed by atoms with Crippen molar-refractivity contribution < 1.29 is 16.9 Å². The summed E-state index contributed by atoms with van der Waals surface area (Å²) in [5, 5.41) is 0. The van der Waals surface area contributed by atoms with Crippen LogP contribution in [0.1, 0.15) is 84.0 Å². The van der Waals surface area contributed by atoms with Gasteiger partial charge in [0, 0.05) is 0 Å². The summed E-state index contributed by atoms with van der Waals surface area (Å²) in [5.41, 5.74) is 0. The Morgan fingerprint density at radius 1 is 0.526 bits per heavy atom. The van der Waals surface area contributed by atoms with Crippen LogP contribution < -0.4 is 0 Å². The Labute approximate surface area is 129 Å². The summed E-state index contributed by atoms with van der Waals surface area (Å²) in [4.78, 5) is 0. The minimum Gasteiger partial charge on any atom is -0.331 e. The van der Waals surface area contributed by atoms with Crippen LogP contribution in [0.4, 0.5) is 0 Å². The van der Waals surface area contributed by atoms with Crippen molar-refractivity contribution in [3.8, 4) is 0 Å². The average molecular weight is 294 g/mol. The molecule has 0 radical (unpaired) electrons. The molecule has 0 fully saturated rings. The normalized spacial score (nSPS) is 11.4. The number of hydrogen-bond acceptors (Lipinski definition) is 0. The van der Waals surface area contributed by atoms with Crippen molar-refractivity contribution in [3.05, 3.63) is 0 Å². The van der Waals surface area contributed by atoms with Gasteiger partial charge in [-0.1, -0.05) is 71.1 Å². The molecule has 0 aliphatic rings. The molecule has 0 saturated carbocycles. The summed E-state index contributed by atoms with van der Waals surface area (Å²) in [5.74, 6) is 0. The van der Waals surface area contributed by atoms with Gasteiger partial charge in [0.25, 0.3) is 0 Å². The van der Waals surface area contributed by atoms with Gasteiger partial charge in [0.15, 0.2) is 0 Å². The third-order valence-electron chi connectivity index (χ3n) is 3.68. The van der Waals surface area contributed by atoms with E-state index in [0.29, 0.717) is 0 Å². The van der Waals surface area contributed by atoms with Gasteiger partial charge in [-0.3, -0.25) is 0 Å². The van der Waals surface area contributed by atoms with Crippen LogP contribution in [0.2, 0.25) is 0 Å². The van der Waals surface area contributed by atoms with Crippen molar-refractivity contribution in [1.82, 2.24) is 0 Å². The first-order chi connectivity index (χ1) is 8.56. The molecule has 0 aromatic rings. The molecule has 19 heavy (non-hydrogen) atoms. The highest BCUT2D eigenvalue weighted by Gasteiger charge is 2.04. The average Bonchev–Trinajstić information content (AvgIpc) is 2.29. The molecule has 0 atom stereocenters. The van der Waals surface area contributed by atoms with Crippen LogP contribution in [-0.2, 0) is 0 Å². The Morgan fingerprint density at radius 3 is 1.16 bits per heavy atom. The van der Waals surface area contributed by atoms with E-state index in [1.54, 1.807) is 0 Å². The molecule has 0 aromatic carbocycles. The van der Waals surface area contributed by atoms with Gasteiger partial charge in [-0.25, -0.2) is 0 Å². The van der Waals surface area contributed by atoms with E-state index < -0.39 is 0 Å². The minimum atomic E-state index is 0. The monoisotopic (exact) mass is 293 g/mol.